The molecule has 5 rings (SSSR count). The van der Waals surface area contributed by atoms with E-state index in [-0.39, 0.29) is 29.1 Å². The number of anilines is 1. The fraction of sp³-hybridized carbons (Fsp3) is 0.667. The summed E-state index contributed by atoms with van der Waals surface area (Å²) in [5.41, 5.74) is 0.236. The van der Waals surface area contributed by atoms with Crippen LogP contribution in [-0.4, -0.2) is 62.6 Å². The third-order valence-corrected chi connectivity index (χ3v) is 15.3. The number of hydrazine groups is 1. The van der Waals surface area contributed by atoms with E-state index >= 15 is 4.39 Å². The molecule has 9 nitrogen and oxygen atoms in total. The van der Waals surface area contributed by atoms with Crippen LogP contribution in [0, 0.1) is 23.7 Å². The number of carbonyl (C=O) groups is 1. The van der Waals surface area contributed by atoms with E-state index in [1.54, 1.807) is 0 Å². The van der Waals surface area contributed by atoms with Gasteiger partial charge in [0.25, 0.3) is 11.5 Å². The Morgan fingerprint density at radius 1 is 1.12 bits per heavy atom. The van der Waals surface area contributed by atoms with Gasteiger partial charge in [0, 0.05) is 29.7 Å². The molecule has 41 heavy (non-hydrogen) atoms. The van der Waals surface area contributed by atoms with Crippen molar-refractivity contribution in [1.82, 2.24) is 30.0 Å². The van der Waals surface area contributed by atoms with Crippen molar-refractivity contribution in [2.45, 2.75) is 103 Å². The monoisotopic (exact) mass is 583 g/mol. The highest BCUT2D eigenvalue weighted by Crippen LogP contribution is 2.52. The number of H-pyrrole nitrogens is 1. The molecular weight excluding hydrogens is 537 g/mol. The zero-order chi connectivity index (χ0) is 29.5. The zero-order valence-corrected chi connectivity index (χ0v) is 26.4. The zero-order valence-electron chi connectivity index (χ0n) is 25.4. The van der Waals surface area contributed by atoms with Crippen molar-refractivity contribution in [1.29, 1.82) is 0 Å². The van der Waals surface area contributed by atoms with Crippen molar-refractivity contribution < 1.29 is 9.18 Å². The third kappa shape index (κ3) is 5.80. The molecule has 2 aliphatic carbocycles. The van der Waals surface area contributed by atoms with Crippen molar-refractivity contribution in [3.63, 3.8) is 0 Å². The molecule has 0 aromatic carbocycles. The molecule has 0 spiro atoms. The van der Waals surface area contributed by atoms with Crippen molar-refractivity contribution in [2.24, 2.45) is 17.8 Å². The van der Waals surface area contributed by atoms with Crippen LogP contribution in [0.5, 0.6) is 0 Å². The number of amides is 1. The van der Waals surface area contributed by atoms with Gasteiger partial charge < -0.3 is 5.32 Å². The van der Waals surface area contributed by atoms with Gasteiger partial charge in [-0.3, -0.25) is 19.3 Å². The second-order valence-corrected chi connectivity index (χ2v) is 17.7. The molecule has 2 aromatic heterocycles. The normalized spacial score (nSPS) is 19.4. The molecule has 0 saturated heterocycles. The molecule has 11 heteroatoms. The van der Waals surface area contributed by atoms with Crippen LogP contribution in [0.25, 0.3) is 0 Å². The first kappa shape index (κ1) is 29.7. The Kier molecular flexibility index (Phi) is 8.57. The topological polar surface area (TPSA) is 99.1 Å². The molecule has 3 heterocycles. The summed E-state index contributed by atoms with van der Waals surface area (Å²) in [6.45, 7) is 13.4. The second kappa shape index (κ2) is 11.8. The Morgan fingerprint density at radius 3 is 2.32 bits per heavy atom. The van der Waals surface area contributed by atoms with Gasteiger partial charge >= 0.3 is 0 Å². The lowest BCUT2D eigenvalue weighted by Crippen LogP contribution is -2.54. The van der Waals surface area contributed by atoms with Crippen LogP contribution < -0.4 is 16.2 Å². The Hall–Kier alpha value is -2.79. The Morgan fingerprint density at radius 2 is 1.76 bits per heavy atom. The Balaban J connectivity index is 1.42. The second-order valence-electron chi connectivity index (χ2n) is 12.5. The number of carbonyl (C=O) groups excluding carboxylic acids is 1. The van der Waals surface area contributed by atoms with Gasteiger partial charge in [-0.2, -0.15) is 9.49 Å². The molecule has 2 N–H and O–H groups in total. The summed E-state index contributed by atoms with van der Waals surface area (Å²) in [5, 5.41) is 19.4. The number of nitrogens with one attached hydrogen (secondary N) is 2. The van der Waals surface area contributed by atoms with Crippen molar-refractivity contribution >= 4 is 25.0 Å². The lowest BCUT2D eigenvalue weighted by molar-refractivity contribution is -0.131. The summed E-state index contributed by atoms with van der Waals surface area (Å²) in [6, 6.07) is 4.29. The van der Waals surface area contributed by atoms with E-state index in [2.05, 4.69) is 71.3 Å². The molecule has 0 radical (unpaired) electrons. The van der Waals surface area contributed by atoms with E-state index in [1.807, 2.05) is 19.2 Å². The highest BCUT2D eigenvalue weighted by Gasteiger charge is 2.51. The molecule has 224 valence electrons. The minimum atomic E-state index is -1.84. The van der Waals surface area contributed by atoms with Gasteiger partial charge in [-0.15, -0.1) is 5.10 Å². The maximum Gasteiger partial charge on any atom is 0.269 e. The smallest absolute Gasteiger partial charge is 0.269 e. The number of hydrogen-bond donors (Lipinski definition) is 2. The van der Waals surface area contributed by atoms with E-state index in [9.17, 15) is 9.59 Å². The lowest BCUT2D eigenvalue weighted by atomic mass is 9.88. The molecule has 1 amide bonds. The highest BCUT2D eigenvalue weighted by molar-refractivity contribution is 6.91. The van der Waals surface area contributed by atoms with E-state index in [1.165, 1.54) is 10.9 Å². The van der Waals surface area contributed by atoms with E-state index in [0.29, 0.717) is 17.4 Å². The predicted molar refractivity (Wildman–Crippen MR) is 162 cm³/mol. The summed E-state index contributed by atoms with van der Waals surface area (Å²) in [4.78, 5) is 26.9. The molecule has 0 unspecified atom stereocenters. The van der Waals surface area contributed by atoms with E-state index in [0.717, 1.165) is 55.7 Å². The highest BCUT2D eigenvalue weighted by atomic mass is 28.3. The van der Waals surface area contributed by atoms with Gasteiger partial charge in [0.2, 0.25) is 5.91 Å². The van der Waals surface area contributed by atoms with Gasteiger partial charge in [-0.05, 0) is 70.3 Å². The molecule has 3 aliphatic rings. The molecule has 0 bridgehead atoms. The molecule has 1 aliphatic heterocycles. The average Bonchev–Trinajstić information content (AvgIpc) is 3.89. The van der Waals surface area contributed by atoms with Gasteiger partial charge in [0.15, 0.2) is 0 Å². The minimum Gasteiger partial charge on any atom is -0.319 e. The molecule has 2 atom stereocenters. The first-order valence-corrected chi connectivity index (χ1v) is 18.1. The van der Waals surface area contributed by atoms with Gasteiger partial charge in [0.1, 0.15) is 19.8 Å². The van der Waals surface area contributed by atoms with Crippen LogP contribution >= 0.6 is 0 Å². The predicted octanol–water partition coefficient (Wildman–Crippen LogP) is 4.63. The number of aromatic nitrogens is 4. The van der Waals surface area contributed by atoms with Crippen molar-refractivity contribution in [3.05, 3.63) is 46.4 Å². The summed E-state index contributed by atoms with van der Waals surface area (Å²) >= 11 is 0. The average molecular weight is 584 g/mol. The van der Waals surface area contributed by atoms with Gasteiger partial charge in [-0.25, -0.2) is 10.1 Å². The molecule has 2 fully saturated rings. The fourth-order valence-corrected chi connectivity index (χ4v) is 10.1. The van der Waals surface area contributed by atoms with Crippen LogP contribution in [0.1, 0.15) is 78.8 Å². The lowest BCUT2D eigenvalue weighted by Gasteiger charge is -2.41. The maximum absolute atomic E-state index is 15.3. The Labute approximate surface area is 243 Å². The minimum absolute atomic E-state index is 0.0431. The quantitative estimate of drug-likeness (QED) is 0.334. The number of rotatable bonds is 13. The fourth-order valence-electron chi connectivity index (χ4n) is 6.80. The SMILES string of the molecule is CC[Si](CC)(CC)c1cc([C@@H](C)n2cc(NC(=O)[C@H](C(C3CC3)C3CC3)N3C=CCN3C(C)C)c(F)n2)c(=O)[nH]n1. The van der Waals surface area contributed by atoms with Crippen LogP contribution in [-0.2, 0) is 4.79 Å². The van der Waals surface area contributed by atoms with Crippen LogP contribution in [0.4, 0.5) is 10.1 Å². The van der Waals surface area contributed by atoms with Crippen LogP contribution in [0.3, 0.4) is 0 Å². The number of halogens is 1. The first-order valence-electron chi connectivity index (χ1n) is 15.5. The summed E-state index contributed by atoms with van der Waals surface area (Å²) in [6.07, 6.45) is 10.2. The van der Waals surface area contributed by atoms with Crippen LogP contribution in [0.15, 0.2) is 29.3 Å². The standard InChI is InChI=1S/C30H46FN7O2Si/c1-7-41(8-2,9-3)25-17-23(29(39)34-33-25)20(6)36-18-24(28(31)35-36)32-30(40)27(26(21-11-12-21)22-13-14-22)38-16-10-15-37(38)19(4)5/h10,16-22,26-27H,7-9,11-15H2,1-6H3,(H,32,40)(H,34,39)/t20-,27+/m1/s1. The number of hydrogen-bond acceptors (Lipinski definition) is 6. The first-order chi connectivity index (χ1) is 19.6. The van der Waals surface area contributed by atoms with Gasteiger partial charge in [0.05, 0.1) is 12.2 Å². The number of aromatic amines is 1. The van der Waals surface area contributed by atoms with Crippen LogP contribution in [0.2, 0.25) is 18.1 Å². The summed E-state index contributed by atoms with van der Waals surface area (Å²) < 4.78 is 16.7. The van der Waals surface area contributed by atoms with E-state index in [4.69, 9.17) is 0 Å². The number of nitrogens with zero attached hydrogens (tertiary/aromatic N) is 5. The van der Waals surface area contributed by atoms with E-state index < -0.39 is 26.1 Å². The third-order valence-electron chi connectivity index (χ3n) is 9.89. The maximum atomic E-state index is 15.3. The molecular formula is C30H46FN7O2Si. The molecule has 2 aromatic rings. The summed E-state index contributed by atoms with van der Waals surface area (Å²) in [7, 11) is -1.84. The van der Waals surface area contributed by atoms with Crippen molar-refractivity contribution in [3.8, 4) is 0 Å². The summed E-state index contributed by atoms with van der Waals surface area (Å²) in [5.74, 6) is 0.356. The largest absolute Gasteiger partial charge is 0.319 e. The molecule has 2 saturated carbocycles. The van der Waals surface area contributed by atoms with Crippen molar-refractivity contribution in [2.75, 3.05) is 11.9 Å². The van der Waals surface area contributed by atoms with Gasteiger partial charge in [-0.1, -0.05) is 45.0 Å². The Bertz CT molecular complexity index is 1310.